The average molecular weight is 547 g/mol. The van der Waals surface area contributed by atoms with Gasteiger partial charge in [-0.05, 0) is 50.1 Å². The fourth-order valence-corrected chi connectivity index (χ4v) is 5.41. The van der Waals surface area contributed by atoms with Crippen molar-refractivity contribution in [1.82, 2.24) is 15.1 Å². The third-order valence-electron chi connectivity index (χ3n) is 7.37. The normalized spacial score (nSPS) is 17.5. The van der Waals surface area contributed by atoms with Crippen molar-refractivity contribution in [2.24, 2.45) is 7.05 Å². The molecule has 0 saturated heterocycles. The Morgan fingerprint density at radius 2 is 1.82 bits per heavy atom. The Morgan fingerprint density at radius 3 is 2.52 bits per heavy atom. The van der Waals surface area contributed by atoms with Gasteiger partial charge in [-0.3, -0.25) is 19.2 Å². The van der Waals surface area contributed by atoms with Crippen LogP contribution in [0.25, 0.3) is 0 Å². The Labute approximate surface area is 233 Å². The summed E-state index contributed by atoms with van der Waals surface area (Å²) < 4.78 is 18.5. The van der Waals surface area contributed by atoms with Crippen molar-refractivity contribution >= 4 is 23.5 Å². The van der Waals surface area contributed by atoms with Crippen LogP contribution in [0, 0.1) is 6.92 Å². The van der Waals surface area contributed by atoms with E-state index in [0.29, 0.717) is 28.4 Å². The highest BCUT2D eigenvalue weighted by Crippen LogP contribution is 2.35. The molecule has 2 heterocycles. The summed E-state index contributed by atoms with van der Waals surface area (Å²) in [6.45, 7) is 1.77. The van der Waals surface area contributed by atoms with E-state index >= 15 is 0 Å². The molecule has 10 heteroatoms. The first-order valence-corrected chi connectivity index (χ1v) is 13.6. The maximum absolute atomic E-state index is 14.4. The second-order valence-corrected chi connectivity index (χ2v) is 10.2. The molecule has 2 amide bonds. The van der Waals surface area contributed by atoms with Crippen LogP contribution in [0.2, 0.25) is 0 Å². The molecular formula is C30H34N4O6. The lowest BCUT2D eigenvalue weighted by molar-refractivity contribution is -0.132. The molecule has 0 bridgehead atoms. The quantitative estimate of drug-likeness (QED) is 0.448. The van der Waals surface area contributed by atoms with Gasteiger partial charge < -0.3 is 19.5 Å². The van der Waals surface area contributed by atoms with E-state index in [1.54, 1.807) is 67.3 Å². The number of anilines is 1. The maximum atomic E-state index is 14.4. The number of amides is 2. The minimum Gasteiger partial charge on any atom is -0.485 e. The number of para-hydroxylation sites is 2. The standard InChI is InChI=1S/C30H34N4O6/c1-19-23(17-33(2)32-19)27(28(35)31-21-11-5-4-6-12-21)34(22-13-9-10-20(16-22)30(37)38-3)29(36)26-18-39-24-14-7-8-15-25(24)40-26/h7-10,13-17,21,26-27H,4-6,11-12,18H2,1-3H3,(H,31,35)/t26-,27-/m0/s1. The van der Waals surface area contributed by atoms with Crippen LogP contribution in [-0.4, -0.2) is 53.4 Å². The van der Waals surface area contributed by atoms with E-state index in [4.69, 9.17) is 14.2 Å². The molecule has 10 nitrogen and oxygen atoms in total. The first-order valence-electron chi connectivity index (χ1n) is 13.6. The van der Waals surface area contributed by atoms with Gasteiger partial charge in [0.25, 0.3) is 5.91 Å². The number of hydrogen-bond acceptors (Lipinski definition) is 7. The molecule has 3 aromatic rings. The number of esters is 1. The summed E-state index contributed by atoms with van der Waals surface area (Å²) >= 11 is 0. The molecule has 0 radical (unpaired) electrons. The number of ether oxygens (including phenoxy) is 3. The van der Waals surface area contributed by atoms with Gasteiger partial charge in [0.15, 0.2) is 11.5 Å². The topological polar surface area (TPSA) is 112 Å². The van der Waals surface area contributed by atoms with Crippen LogP contribution in [-0.2, 0) is 21.4 Å². The van der Waals surface area contributed by atoms with Crippen LogP contribution in [0.1, 0.15) is 59.8 Å². The molecule has 1 aromatic heterocycles. The number of carbonyl (C=O) groups is 3. The van der Waals surface area contributed by atoms with Gasteiger partial charge >= 0.3 is 5.97 Å². The van der Waals surface area contributed by atoms with Gasteiger partial charge in [0.2, 0.25) is 12.0 Å². The molecular weight excluding hydrogens is 512 g/mol. The summed E-state index contributed by atoms with van der Waals surface area (Å²) in [4.78, 5) is 42.4. The molecule has 1 saturated carbocycles. The van der Waals surface area contributed by atoms with Gasteiger partial charge in [-0.1, -0.05) is 37.5 Å². The summed E-state index contributed by atoms with van der Waals surface area (Å²) in [6.07, 6.45) is 5.70. The lowest BCUT2D eigenvalue weighted by atomic mass is 9.94. The van der Waals surface area contributed by atoms with Crippen molar-refractivity contribution in [2.45, 2.75) is 57.2 Å². The summed E-state index contributed by atoms with van der Waals surface area (Å²) in [6, 6.07) is 12.6. The Balaban J connectivity index is 1.59. The highest BCUT2D eigenvalue weighted by atomic mass is 16.6. The lowest BCUT2D eigenvalue weighted by Crippen LogP contribution is -2.52. The van der Waals surface area contributed by atoms with Crippen LogP contribution in [0.5, 0.6) is 11.5 Å². The number of aromatic nitrogens is 2. The van der Waals surface area contributed by atoms with Gasteiger partial charge in [0.05, 0.1) is 18.4 Å². The number of nitrogens with one attached hydrogen (secondary N) is 1. The fourth-order valence-electron chi connectivity index (χ4n) is 5.41. The van der Waals surface area contributed by atoms with Crippen LogP contribution in [0.15, 0.2) is 54.7 Å². The predicted octanol–water partition coefficient (Wildman–Crippen LogP) is 3.88. The monoisotopic (exact) mass is 546 g/mol. The number of hydrogen-bond donors (Lipinski definition) is 1. The Bertz CT molecular complexity index is 1400. The zero-order chi connectivity index (χ0) is 28.2. The Kier molecular flexibility index (Phi) is 8.04. The number of fused-ring (bicyclic) bond motifs is 1. The van der Waals surface area contributed by atoms with Crippen LogP contribution < -0.4 is 19.7 Å². The molecule has 2 aromatic carbocycles. The molecule has 0 unspecified atom stereocenters. The first-order chi connectivity index (χ1) is 19.4. The SMILES string of the molecule is COC(=O)c1cccc(N(C(=O)[C@@H]2COc3ccccc3O2)[C@H](C(=O)NC2CCCCC2)c2cn(C)nc2C)c1. The number of methoxy groups -OCH3 is 1. The molecule has 2 aliphatic rings. The number of carbonyl (C=O) groups excluding carboxylic acids is 3. The third-order valence-corrected chi connectivity index (χ3v) is 7.37. The third kappa shape index (κ3) is 5.66. The van der Waals surface area contributed by atoms with Crippen LogP contribution in [0.3, 0.4) is 0 Å². The minimum atomic E-state index is -1.07. The van der Waals surface area contributed by atoms with E-state index in [-0.39, 0.29) is 24.1 Å². The Morgan fingerprint density at radius 1 is 1.07 bits per heavy atom. The van der Waals surface area contributed by atoms with Crippen molar-refractivity contribution in [3.05, 3.63) is 71.5 Å². The molecule has 1 aliphatic heterocycles. The van der Waals surface area contributed by atoms with Gasteiger partial charge in [0, 0.05) is 30.5 Å². The van der Waals surface area contributed by atoms with Crippen molar-refractivity contribution in [1.29, 1.82) is 0 Å². The molecule has 1 N–H and O–H groups in total. The summed E-state index contributed by atoms with van der Waals surface area (Å²) in [7, 11) is 3.06. The van der Waals surface area contributed by atoms with Gasteiger partial charge in [-0.2, -0.15) is 5.10 Å². The van der Waals surface area contributed by atoms with E-state index < -0.39 is 24.0 Å². The first kappa shape index (κ1) is 27.2. The van der Waals surface area contributed by atoms with E-state index in [1.807, 2.05) is 6.07 Å². The second-order valence-electron chi connectivity index (χ2n) is 10.2. The molecule has 210 valence electrons. The molecule has 5 rings (SSSR count). The van der Waals surface area contributed by atoms with Crippen molar-refractivity contribution < 1.29 is 28.6 Å². The number of aryl methyl sites for hydroxylation is 2. The highest BCUT2D eigenvalue weighted by molar-refractivity contribution is 6.04. The number of nitrogens with zero attached hydrogens (tertiary/aromatic N) is 3. The van der Waals surface area contributed by atoms with Gasteiger partial charge in [-0.15, -0.1) is 0 Å². The van der Waals surface area contributed by atoms with E-state index in [9.17, 15) is 14.4 Å². The van der Waals surface area contributed by atoms with E-state index in [2.05, 4.69) is 10.4 Å². The zero-order valence-electron chi connectivity index (χ0n) is 23.0. The Hall–Kier alpha value is -4.34. The van der Waals surface area contributed by atoms with Crippen LogP contribution >= 0.6 is 0 Å². The van der Waals surface area contributed by atoms with Gasteiger partial charge in [0.1, 0.15) is 12.6 Å². The maximum Gasteiger partial charge on any atom is 0.337 e. The zero-order valence-corrected chi connectivity index (χ0v) is 23.0. The van der Waals surface area contributed by atoms with E-state index in [0.717, 1.165) is 32.1 Å². The summed E-state index contributed by atoms with van der Waals surface area (Å²) in [5.74, 6) is -0.377. The average Bonchev–Trinajstić information content (AvgIpc) is 3.31. The fraction of sp³-hybridized carbons (Fsp3) is 0.400. The molecule has 1 fully saturated rings. The van der Waals surface area contributed by atoms with Crippen LogP contribution in [0.4, 0.5) is 5.69 Å². The minimum absolute atomic E-state index is 0.0141. The summed E-state index contributed by atoms with van der Waals surface area (Å²) in [5.41, 5.74) is 1.78. The lowest BCUT2D eigenvalue weighted by Gasteiger charge is -2.36. The van der Waals surface area contributed by atoms with Crippen molar-refractivity contribution in [3.63, 3.8) is 0 Å². The highest BCUT2D eigenvalue weighted by Gasteiger charge is 2.41. The predicted molar refractivity (Wildman–Crippen MR) is 147 cm³/mol. The molecule has 40 heavy (non-hydrogen) atoms. The van der Waals surface area contributed by atoms with Gasteiger partial charge in [-0.25, -0.2) is 4.79 Å². The second kappa shape index (κ2) is 11.8. The smallest absolute Gasteiger partial charge is 0.337 e. The molecule has 0 spiro atoms. The van der Waals surface area contributed by atoms with Crippen molar-refractivity contribution in [3.8, 4) is 11.5 Å². The molecule has 2 atom stereocenters. The largest absolute Gasteiger partial charge is 0.485 e. The molecule has 1 aliphatic carbocycles. The van der Waals surface area contributed by atoms with E-state index in [1.165, 1.54) is 12.0 Å². The van der Waals surface area contributed by atoms with Crippen molar-refractivity contribution in [2.75, 3.05) is 18.6 Å². The summed E-state index contributed by atoms with van der Waals surface area (Å²) in [5, 5.41) is 7.66. The number of rotatable bonds is 7. The number of benzene rings is 2.